The van der Waals surface area contributed by atoms with Gasteiger partial charge in [0.2, 0.25) is 5.69 Å². The Bertz CT molecular complexity index is 2400. The number of unbranched alkanes of at least 4 members (excludes halogenated alkanes) is 6. The number of hydrogen-bond donors (Lipinski definition) is 1. The van der Waals surface area contributed by atoms with Gasteiger partial charge in [0, 0.05) is 59.9 Å². The van der Waals surface area contributed by atoms with Crippen molar-refractivity contribution in [2.75, 3.05) is 25.0 Å². The molecule has 0 fully saturated rings. The molecule has 2 heterocycles. The standard InChI is InChI=1S/C46H53N2O.C12H25NO2.C3H8/c1-8-33(2)40(49)25-13-12-20-32-48-39-31-29-35-22-17-19-24-37(35)44(39)46(5,6)42(48)27-15-11-9-10-14-26-41-45(3,4)43-36-23-18-16-21-34(36)28-30-38(43)47(41)7;1-5-6-7-8-9-10-13-11(14)15-12(2,3)4;1-3-2/h9-11,14-19,21-24,26-31,33H,8,12-13,20,25,32H2,1-7H3;5-10H2,1-4H3,(H,13,14);3H2,1-2H3/q+1;;. The number of hydrogen-bond acceptors (Lipinski definition) is 4. The van der Waals surface area contributed by atoms with Crippen molar-refractivity contribution in [2.45, 2.75) is 170 Å². The molecule has 0 bridgehead atoms. The van der Waals surface area contributed by atoms with Crippen molar-refractivity contribution >= 4 is 50.5 Å². The first-order valence-electron chi connectivity index (χ1n) is 25.6. The highest BCUT2D eigenvalue weighted by molar-refractivity contribution is 6.07. The monoisotopic (exact) mass is 909 g/mol. The number of nitrogens with zero attached hydrogens (tertiary/aromatic N) is 2. The maximum absolute atomic E-state index is 12.4. The van der Waals surface area contributed by atoms with Gasteiger partial charge in [0.05, 0.1) is 5.41 Å². The van der Waals surface area contributed by atoms with Gasteiger partial charge < -0.3 is 15.0 Å². The minimum absolute atomic E-state index is 0.0876. The Morgan fingerprint density at radius 3 is 1.94 bits per heavy atom. The van der Waals surface area contributed by atoms with Crippen molar-refractivity contribution in [2.24, 2.45) is 5.92 Å². The first kappa shape index (κ1) is 54.4. The number of carbonyl (C=O) groups is 2. The summed E-state index contributed by atoms with van der Waals surface area (Å²) in [5, 5.41) is 8.00. The largest absolute Gasteiger partial charge is 0.444 e. The topological polar surface area (TPSA) is 61.7 Å². The van der Waals surface area contributed by atoms with Crippen LogP contribution in [0.3, 0.4) is 0 Å². The summed E-state index contributed by atoms with van der Waals surface area (Å²) in [6, 6.07) is 26.5. The number of benzene rings is 4. The molecule has 1 N–H and O–H groups in total. The minimum Gasteiger partial charge on any atom is -0.444 e. The van der Waals surface area contributed by atoms with Crippen LogP contribution in [-0.2, 0) is 20.4 Å². The molecule has 1 atom stereocenters. The molecule has 0 aromatic heterocycles. The van der Waals surface area contributed by atoms with Crippen LogP contribution in [0.5, 0.6) is 0 Å². The second-order valence-electron chi connectivity index (χ2n) is 20.5. The molecule has 4 aromatic rings. The molecular weight excluding hydrogens is 823 g/mol. The SMILES string of the molecule is CCC.CCC(C)C(=O)CCCCCN1/C(=C/C=C/C=C/C=C/C2=[N+](C)c3ccc4ccccc4c3C2(C)C)C(C)(C)c2c1ccc1ccccc21.CCCCCCCNC(=O)OC(C)(C)C. The zero-order valence-electron chi connectivity index (χ0n) is 43.9. The van der Waals surface area contributed by atoms with Crippen molar-refractivity contribution < 1.29 is 18.9 Å². The van der Waals surface area contributed by atoms with Gasteiger partial charge in [-0.25, -0.2) is 4.79 Å². The van der Waals surface area contributed by atoms with Gasteiger partial charge in [0.15, 0.2) is 5.71 Å². The highest BCUT2D eigenvalue weighted by Gasteiger charge is 2.44. The van der Waals surface area contributed by atoms with E-state index in [1.807, 2.05) is 20.8 Å². The van der Waals surface area contributed by atoms with E-state index in [2.05, 4.69) is 199 Å². The molecular formula is C61H86N3O3+. The number of allylic oxidation sites excluding steroid dienone is 8. The van der Waals surface area contributed by atoms with Crippen molar-refractivity contribution in [1.29, 1.82) is 0 Å². The second-order valence-corrected chi connectivity index (χ2v) is 20.5. The number of anilines is 1. The van der Waals surface area contributed by atoms with Crippen LogP contribution >= 0.6 is 0 Å². The third-order valence-corrected chi connectivity index (χ3v) is 13.0. The lowest BCUT2D eigenvalue weighted by molar-refractivity contribution is -0.401. The van der Waals surface area contributed by atoms with Gasteiger partial charge in [-0.05, 0) is 106 Å². The summed E-state index contributed by atoms with van der Waals surface area (Å²) in [6.45, 7) is 27.3. The number of rotatable bonds is 18. The lowest BCUT2D eigenvalue weighted by atomic mass is 9.79. The summed E-state index contributed by atoms with van der Waals surface area (Å²) in [5.74, 6) is 0.587. The Balaban J connectivity index is 0.000000462. The predicted octanol–water partition coefficient (Wildman–Crippen LogP) is 16.4. The van der Waals surface area contributed by atoms with Gasteiger partial charge in [-0.2, -0.15) is 4.58 Å². The van der Waals surface area contributed by atoms with Crippen LogP contribution in [0.25, 0.3) is 21.5 Å². The van der Waals surface area contributed by atoms with E-state index in [1.165, 1.54) is 87.6 Å². The Morgan fingerprint density at radius 1 is 0.716 bits per heavy atom. The molecule has 0 radical (unpaired) electrons. The van der Waals surface area contributed by atoms with Gasteiger partial charge >= 0.3 is 6.09 Å². The third-order valence-electron chi connectivity index (χ3n) is 13.0. The van der Waals surface area contributed by atoms with Crippen LogP contribution < -0.4 is 10.2 Å². The second kappa shape index (κ2) is 25.8. The van der Waals surface area contributed by atoms with E-state index in [0.29, 0.717) is 12.2 Å². The van der Waals surface area contributed by atoms with Crippen LogP contribution in [0.2, 0.25) is 0 Å². The number of ketones is 1. The lowest BCUT2D eigenvalue weighted by Crippen LogP contribution is -2.32. The average molecular weight is 909 g/mol. The molecule has 6 rings (SSSR count). The Morgan fingerprint density at radius 2 is 1.30 bits per heavy atom. The quantitative estimate of drug-likeness (QED) is 0.0614. The maximum atomic E-state index is 12.4. The summed E-state index contributed by atoms with van der Waals surface area (Å²) < 4.78 is 7.46. The number of amides is 1. The van der Waals surface area contributed by atoms with Crippen LogP contribution in [-0.4, -0.2) is 47.9 Å². The van der Waals surface area contributed by atoms with Crippen molar-refractivity contribution in [1.82, 2.24) is 5.32 Å². The van der Waals surface area contributed by atoms with E-state index in [1.54, 1.807) is 0 Å². The molecule has 4 aromatic carbocycles. The number of Topliss-reactive ketones (excluding diaryl/α,β-unsaturated/α-hetero) is 1. The van der Waals surface area contributed by atoms with E-state index in [9.17, 15) is 9.59 Å². The van der Waals surface area contributed by atoms with Gasteiger partial charge in [-0.1, -0.05) is 172 Å². The van der Waals surface area contributed by atoms with E-state index < -0.39 is 5.60 Å². The Labute approximate surface area is 406 Å². The molecule has 0 saturated carbocycles. The fourth-order valence-electron chi connectivity index (χ4n) is 9.41. The molecule has 1 amide bonds. The highest BCUT2D eigenvalue weighted by atomic mass is 16.6. The van der Waals surface area contributed by atoms with Crippen LogP contribution in [0.4, 0.5) is 16.2 Å². The normalized spacial score (nSPS) is 16.1. The Hall–Kier alpha value is -5.23. The molecule has 6 nitrogen and oxygen atoms in total. The zero-order chi connectivity index (χ0) is 49.2. The lowest BCUT2D eigenvalue weighted by Gasteiger charge is -2.27. The number of ether oxygens (including phenoxy) is 1. The number of alkyl carbamates (subject to hydrolysis) is 1. The molecule has 0 spiro atoms. The third kappa shape index (κ3) is 14.6. The maximum Gasteiger partial charge on any atom is 0.407 e. The molecule has 0 saturated heterocycles. The Kier molecular flexibility index (Phi) is 20.9. The summed E-state index contributed by atoms with van der Waals surface area (Å²) in [6.07, 6.45) is 27.0. The first-order chi connectivity index (χ1) is 31.9. The van der Waals surface area contributed by atoms with E-state index >= 15 is 0 Å². The van der Waals surface area contributed by atoms with Gasteiger partial charge in [0.25, 0.3) is 0 Å². The zero-order valence-corrected chi connectivity index (χ0v) is 43.9. The summed E-state index contributed by atoms with van der Waals surface area (Å²) in [5.41, 5.74) is 7.41. The van der Waals surface area contributed by atoms with Crippen molar-refractivity contribution in [3.05, 3.63) is 132 Å². The molecule has 1 unspecified atom stereocenters. The number of nitrogens with one attached hydrogen (secondary N) is 1. The summed E-state index contributed by atoms with van der Waals surface area (Å²) >= 11 is 0. The number of carbonyl (C=O) groups excluding carboxylic acids is 2. The molecule has 6 heteroatoms. The van der Waals surface area contributed by atoms with Crippen LogP contribution in [0.15, 0.2) is 121 Å². The average Bonchev–Trinajstić information content (AvgIpc) is 3.63. The summed E-state index contributed by atoms with van der Waals surface area (Å²) in [7, 11) is 2.18. The van der Waals surface area contributed by atoms with Crippen LogP contribution in [0.1, 0.15) is 165 Å². The number of fused-ring (bicyclic) bond motifs is 6. The van der Waals surface area contributed by atoms with Crippen molar-refractivity contribution in [3.8, 4) is 0 Å². The van der Waals surface area contributed by atoms with Crippen molar-refractivity contribution in [3.63, 3.8) is 0 Å². The molecule has 67 heavy (non-hydrogen) atoms. The van der Waals surface area contributed by atoms with Crippen LogP contribution in [0, 0.1) is 5.92 Å². The van der Waals surface area contributed by atoms with Gasteiger partial charge in [-0.3, -0.25) is 4.79 Å². The first-order valence-corrected chi connectivity index (χ1v) is 25.6. The fourth-order valence-corrected chi connectivity index (χ4v) is 9.41. The van der Waals surface area contributed by atoms with E-state index in [-0.39, 0.29) is 22.8 Å². The highest BCUT2D eigenvalue weighted by Crippen LogP contribution is 2.51. The fraction of sp³-hybridized carbons (Fsp3) is 0.492. The predicted molar refractivity (Wildman–Crippen MR) is 290 cm³/mol. The van der Waals surface area contributed by atoms with Gasteiger partial charge in [0.1, 0.15) is 18.4 Å². The van der Waals surface area contributed by atoms with Gasteiger partial charge in [-0.15, -0.1) is 0 Å². The molecule has 362 valence electrons. The molecule has 0 aliphatic carbocycles. The molecule has 2 aliphatic rings. The van der Waals surface area contributed by atoms with E-state index in [4.69, 9.17) is 4.74 Å². The minimum atomic E-state index is -0.397. The molecule has 2 aliphatic heterocycles. The smallest absolute Gasteiger partial charge is 0.407 e. The van der Waals surface area contributed by atoms with E-state index in [0.717, 1.165) is 45.2 Å². The summed E-state index contributed by atoms with van der Waals surface area (Å²) in [4.78, 5) is 26.1.